The molecule has 1 fully saturated rings. The molecule has 0 unspecified atom stereocenters. The van der Waals surface area contributed by atoms with Gasteiger partial charge < -0.3 is 4.42 Å². The number of benzene rings is 3. The van der Waals surface area contributed by atoms with Crippen LogP contribution in [0, 0.1) is 6.92 Å². The standard InChI is InChI=1S/C28H23F2NO/c1-17-14-23-22-4-2-3-5-25(22)32-27(23)24(15-17)26-21-7-6-19(16-20(21)10-13-31-26)18-8-11-28(29,30)12-9-18/h2-7,10,13-16,18H,8-9,11-12H2,1H3. The third kappa shape index (κ3) is 3.17. The Hall–Kier alpha value is -3.27. The third-order valence-electron chi connectivity index (χ3n) is 6.85. The van der Waals surface area contributed by atoms with Crippen LogP contribution in [-0.2, 0) is 0 Å². The van der Waals surface area contributed by atoms with Crippen LogP contribution < -0.4 is 0 Å². The number of fused-ring (bicyclic) bond motifs is 4. The lowest BCUT2D eigenvalue weighted by atomic mass is 9.81. The first-order chi connectivity index (χ1) is 15.5. The quantitative estimate of drug-likeness (QED) is 0.283. The molecule has 0 spiro atoms. The van der Waals surface area contributed by atoms with E-state index in [1.807, 2.05) is 30.5 Å². The summed E-state index contributed by atoms with van der Waals surface area (Å²) in [6.45, 7) is 2.09. The minimum Gasteiger partial charge on any atom is -0.455 e. The smallest absolute Gasteiger partial charge is 0.248 e. The van der Waals surface area contributed by atoms with E-state index in [1.54, 1.807) is 0 Å². The van der Waals surface area contributed by atoms with Crippen LogP contribution in [0.5, 0.6) is 0 Å². The number of para-hydroxylation sites is 1. The van der Waals surface area contributed by atoms with Crippen molar-refractivity contribution in [2.45, 2.75) is 44.4 Å². The Morgan fingerprint density at radius 2 is 1.72 bits per heavy atom. The molecule has 2 aromatic heterocycles. The third-order valence-corrected chi connectivity index (χ3v) is 6.85. The maximum Gasteiger partial charge on any atom is 0.248 e. The number of rotatable bonds is 2. The highest BCUT2D eigenvalue weighted by atomic mass is 19.3. The maximum atomic E-state index is 13.6. The van der Waals surface area contributed by atoms with Crippen LogP contribution in [0.4, 0.5) is 8.78 Å². The summed E-state index contributed by atoms with van der Waals surface area (Å²) in [4.78, 5) is 4.74. The van der Waals surface area contributed by atoms with Crippen LogP contribution in [0.1, 0.15) is 42.7 Å². The molecule has 32 heavy (non-hydrogen) atoms. The number of aryl methyl sites for hydroxylation is 1. The average Bonchev–Trinajstić information content (AvgIpc) is 3.16. The first-order valence-electron chi connectivity index (χ1n) is 11.2. The molecule has 0 N–H and O–H groups in total. The molecule has 2 heterocycles. The largest absolute Gasteiger partial charge is 0.455 e. The van der Waals surface area contributed by atoms with Crippen molar-refractivity contribution in [3.8, 4) is 11.3 Å². The van der Waals surface area contributed by atoms with Crippen LogP contribution in [0.3, 0.4) is 0 Å². The fraction of sp³-hybridized carbons (Fsp3) is 0.250. The van der Waals surface area contributed by atoms with Gasteiger partial charge >= 0.3 is 0 Å². The minimum atomic E-state index is -2.51. The van der Waals surface area contributed by atoms with E-state index >= 15 is 0 Å². The summed E-state index contributed by atoms with van der Waals surface area (Å²) in [6, 6.07) is 20.7. The summed E-state index contributed by atoms with van der Waals surface area (Å²) in [5, 5.41) is 4.32. The number of aromatic nitrogens is 1. The molecular formula is C28H23F2NO. The van der Waals surface area contributed by atoms with E-state index in [4.69, 9.17) is 9.40 Å². The van der Waals surface area contributed by atoms with Gasteiger partial charge in [-0.2, -0.15) is 0 Å². The molecule has 0 atom stereocenters. The molecule has 2 nitrogen and oxygen atoms in total. The second-order valence-electron chi connectivity index (χ2n) is 9.06. The van der Waals surface area contributed by atoms with Crippen molar-refractivity contribution < 1.29 is 13.2 Å². The molecule has 5 aromatic rings. The molecule has 160 valence electrons. The van der Waals surface area contributed by atoms with Gasteiger partial charge in [-0.1, -0.05) is 36.4 Å². The molecule has 0 radical (unpaired) electrons. The molecule has 1 aliphatic carbocycles. The zero-order chi connectivity index (χ0) is 21.9. The number of hydrogen-bond acceptors (Lipinski definition) is 2. The van der Waals surface area contributed by atoms with E-state index < -0.39 is 5.92 Å². The number of furan rings is 1. The Balaban J connectivity index is 1.49. The van der Waals surface area contributed by atoms with Gasteiger partial charge in [0.05, 0.1) is 5.69 Å². The highest BCUT2D eigenvalue weighted by Gasteiger charge is 2.35. The van der Waals surface area contributed by atoms with E-state index in [9.17, 15) is 8.78 Å². The van der Waals surface area contributed by atoms with Gasteiger partial charge in [-0.3, -0.25) is 4.98 Å². The lowest BCUT2D eigenvalue weighted by Gasteiger charge is -2.28. The summed E-state index contributed by atoms with van der Waals surface area (Å²) in [5.41, 5.74) is 5.87. The van der Waals surface area contributed by atoms with E-state index in [0.29, 0.717) is 12.8 Å². The van der Waals surface area contributed by atoms with Gasteiger partial charge in [-0.15, -0.1) is 0 Å². The second kappa shape index (κ2) is 7.13. The van der Waals surface area contributed by atoms with Gasteiger partial charge in [0, 0.05) is 40.8 Å². The molecule has 4 heteroatoms. The Bertz CT molecular complexity index is 1470. The van der Waals surface area contributed by atoms with Crippen molar-refractivity contribution in [3.63, 3.8) is 0 Å². The number of nitrogens with zero attached hydrogens (tertiary/aromatic N) is 1. The summed E-state index contributed by atoms with van der Waals surface area (Å²) in [5.74, 6) is -2.32. The Morgan fingerprint density at radius 1 is 0.906 bits per heavy atom. The SMILES string of the molecule is Cc1cc(-c2nccc3cc(C4CCC(F)(F)CC4)ccc23)c2oc3ccccc3c2c1. The van der Waals surface area contributed by atoms with Gasteiger partial charge in [0.2, 0.25) is 5.92 Å². The van der Waals surface area contributed by atoms with Crippen molar-refractivity contribution in [3.05, 3.63) is 78.0 Å². The predicted octanol–water partition coefficient (Wildman–Crippen LogP) is 8.40. The van der Waals surface area contributed by atoms with E-state index in [-0.39, 0.29) is 18.8 Å². The minimum absolute atomic E-state index is 0.0232. The molecule has 0 aliphatic heterocycles. The van der Waals surface area contributed by atoms with E-state index in [2.05, 4.69) is 43.3 Å². The highest BCUT2D eigenvalue weighted by molar-refractivity contribution is 6.11. The van der Waals surface area contributed by atoms with Crippen LogP contribution >= 0.6 is 0 Å². The molecule has 1 saturated carbocycles. The van der Waals surface area contributed by atoms with Crippen molar-refractivity contribution >= 4 is 32.7 Å². The Kier molecular flexibility index (Phi) is 4.32. The average molecular weight is 427 g/mol. The fourth-order valence-electron chi connectivity index (χ4n) is 5.19. The molecular weight excluding hydrogens is 404 g/mol. The fourth-order valence-corrected chi connectivity index (χ4v) is 5.19. The van der Waals surface area contributed by atoms with Crippen molar-refractivity contribution in [2.24, 2.45) is 0 Å². The van der Waals surface area contributed by atoms with Gasteiger partial charge in [0.25, 0.3) is 0 Å². The molecule has 1 aliphatic rings. The molecule has 0 amide bonds. The zero-order valence-corrected chi connectivity index (χ0v) is 17.9. The summed E-state index contributed by atoms with van der Waals surface area (Å²) < 4.78 is 33.5. The first kappa shape index (κ1) is 19.4. The normalized spacial score (nSPS) is 16.8. The van der Waals surface area contributed by atoms with Crippen LogP contribution in [0.15, 0.2) is 71.3 Å². The molecule has 0 bridgehead atoms. The van der Waals surface area contributed by atoms with Gasteiger partial charge in [-0.05, 0) is 66.5 Å². The zero-order valence-electron chi connectivity index (χ0n) is 17.9. The summed E-state index contributed by atoms with van der Waals surface area (Å²) >= 11 is 0. The molecule has 6 rings (SSSR count). The monoisotopic (exact) mass is 427 g/mol. The predicted molar refractivity (Wildman–Crippen MR) is 125 cm³/mol. The topological polar surface area (TPSA) is 26.0 Å². The number of alkyl halides is 2. The lowest BCUT2D eigenvalue weighted by molar-refractivity contribution is -0.0382. The Morgan fingerprint density at radius 3 is 2.56 bits per heavy atom. The number of halogens is 2. The summed E-state index contributed by atoms with van der Waals surface area (Å²) in [7, 11) is 0. The highest BCUT2D eigenvalue weighted by Crippen LogP contribution is 2.42. The van der Waals surface area contributed by atoms with Crippen LogP contribution in [0.25, 0.3) is 44.0 Å². The van der Waals surface area contributed by atoms with Crippen LogP contribution in [-0.4, -0.2) is 10.9 Å². The van der Waals surface area contributed by atoms with Crippen molar-refractivity contribution in [2.75, 3.05) is 0 Å². The summed E-state index contributed by atoms with van der Waals surface area (Å²) in [6.07, 6.45) is 2.85. The van der Waals surface area contributed by atoms with Gasteiger partial charge in [-0.25, -0.2) is 8.78 Å². The van der Waals surface area contributed by atoms with Crippen molar-refractivity contribution in [1.82, 2.24) is 4.98 Å². The van der Waals surface area contributed by atoms with E-state index in [0.717, 1.165) is 55.1 Å². The van der Waals surface area contributed by atoms with Gasteiger partial charge in [0.1, 0.15) is 11.2 Å². The van der Waals surface area contributed by atoms with Crippen LogP contribution in [0.2, 0.25) is 0 Å². The molecule has 0 saturated heterocycles. The molecule has 3 aromatic carbocycles. The van der Waals surface area contributed by atoms with E-state index in [1.165, 1.54) is 0 Å². The van der Waals surface area contributed by atoms with Gasteiger partial charge in [0.15, 0.2) is 0 Å². The maximum absolute atomic E-state index is 13.6. The number of pyridine rings is 1. The lowest BCUT2D eigenvalue weighted by Crippen LogP contribution is -2.23. The second-order valence-corrected chi connectivity index (χ2v) is 9.06. The number of hydrogen-bond donors (Lipinski definition) is 0. The van der Waals surface area contributed by atoms with Crippen molar-refractivity contribution in [1.29, 1.82) is 0 Å². The first-order valence-corrected chi connectivity index (χ1v) is 11.2. The Labute approximate surface area is 184 Å².